The molecule has 0 atom stereocenters. The molecule has 0 bridgehead atoms. The molecule has 1 heterocycles. The Balaban J connectivity index is 2.08. The third-order valence-corrected chi connectivity index (χ3v) is 4.72. The van der Waals surface area contributed by atoms with Gasteiger partial charge in [-0.15, -0.1) is 10.2 Å². The standard InChI is InChI=1S/C18H24N4O3S/c1-12(2)10-22-16(9-8-15(19)23)20-21-18(22)26-11-13-4-6-14(7-5-13)17(24)25-3/h4-7,12H,8-11H2,1-3H3,(H2,19,23). The van der Waals surface area contributed by atoms with E-state index in [0.717, 1.165) is 23.1 Å². The van der Waals surface area contributed by atoms with Crippen LogP contribution in [0.2, 0.25) is 0 Å². The first-order valence-corrected chi connectivity index (χ1v) is 9.39. The summed E-state index contributed by atoms with van der Waals surface area (Å²) in [6.45, 7) is 5.03. The molecule has 0 aliphatic heterocycles. The average molecular weight is 376 g/mol. The molecule has 0 saturated carbocycles. The number of methoxy groups -OCH3 is 1. The molecule has 26 heavy (non-hydrogen) atoms. The number of nitrogens with zero attached hydrogens (tertiary/aromatic N) is 3. The molecule has 0 fully saturated rings. The second-order valence-electron chi connectivity index (χ2n) is 6.35. The lowest BCUT2D eigenvalue weighted by Crippen LogP contribution is -2.15. The summed E-state index contributed by atoms with van der Waals surface area (Å²) >= 11 is 1.57. The Hall–Kier alpha value is -2.35. The van der Waals surface area contributed by atoms with Gasteiger partial charge in [0, 0.05) is 25.1 Å². The Bertz CT molecular complexity index is 756. The van der Waals surface area contributed by atoms with Crippen molar-refractivity contribution in [3.63, 3.8) is 0 Å². The summed E-state index contributed by atoms with van der Waals surface area (Å²) in [5.41, 5.74) is 6.84. The summed E-state index contributed by atoms with van der Waals surface area (Å²) in [5.74, 6) is 1.22. The first-order chi connectivity index (χ1) is 12.4. The van der Waals surface area contributed by atoms with Gasteiger partial charge in [0.1, 0.15) is 5.82 Å². The van der Waals surface area contributed by atoms with Crippen molar-refractivity contribution >= 4 is 23.6 Å². The van der Waals surface area contributed by atoms with Gasteiger partial charge >= 0.3 is 5.97 Å². The monoisotopic (exact) mass is 376 g/mol. The molecule has 7 nitrogen and oxygen atoms in total. The van der Waals surface area contributed by atoms with Gasteiger partial charge in [0.25, 0.3) is 0 Å². The Kier molecular flexibility index (Phi) is 7.20. The number of carbonyl (C=O) groups is 2. The topological polar surface area (TPSA) is 100 Å². The number of benzene rings is 1. The molecule has 0 saturated heterocycles. The van der Waals surface area contributed by atoms with Crippen LogP contribution in [0, 0.1) is 5.92 Å². The lowest BCUT2D eigenvalue weighted by molar-refractivity contribution is -0.118. The maximum atomic E-state index is 11.5. The number of aromatic nitrogens is 3. The highest BCUT2D eigenvalue weighted by molar-refractivity contribution is 7.98. The van der Waals surface area contributed by atoms with Gasteiger partial charge in [0.15, 0.2) is 5.16 Å². The van der Waals surface area contributed by atoms with E-state index in [1.165, 1.54) is 7.11 Å². The summed E-state index contributed by atoms with van der Waals surface area (Å²) in [7, 11) is 1.36. The average Bonchev–Trinajstić information content (AvgIpc) is 2.99. The van der Waals surface area contributed by atoms with Crippen molar-refractivity contribution in [1.82, 2.24) is 14.8 Å². The molecule has 1 amide bonds. The van der Waals surface area contributed by atoms with Crippen LogP contribution < -0.4 is 5.73 Å². The summed E-state index contributed by atoms with van der Waals surface area (Å²) in [4.78, 5) is 22.5. The molecular formula is C18H24N4O3S. The normalized spacial score (nSPS) is 10.9. The fourth-order valence-corrected chi connectivity index (χ4v) is 3.32. The highest BCUT2D eigenvalue weighted by Gasteiger charge is 2.15. The van der Waals surface area contributed by atoms with E-state index < -0.39 is 0 Å². The van der Waals surface area contributed by atoms with Crippen LogP contribution in [0.25, 0.3) is 0 Å². The zero-order chi connectivity index (χ0) is 19.1. The van der Waals surface area contributed by atoms with Crippen molar-refractivity contribution in [2.75, 3.05) is 7.11 Å². The van der Waals surface area contributed by atoms with Gasteiger partial charge in [-0.25, -0.2) is 4.79 Å². The third kappa shape index (κ3) is 5.59. The second kappa shape index (κ2) is 9.38. The maximum Gasteiger partial charge on any atom is 0.337 e. The molecule has 8 heteroatoms. The summed E-state index contributed by atoms with van der Waals surface area (Å²) in [5, 5.41) is 9.31. The van der Waals surface area contributed by atoms with Crippen molar-refractivity contribution in [2.24, 2.45) is 11.7 Å². The molecule has 0 radical (unpaired) electrons. The number of amides is 1. The minimum absolute atomic E-state index is 0.260. The smallest absolute Gasteiger partial charge is 0.337 e. The van der Waals surface area contributed by atoms with Crippen LogP contribution >= 0.6 is 11.8 Å². The highest BCUT2D eigenvalue weighted by atomic mass is 32.2. The molecule has 2 rings (SSSR count). The van der Waals surface area contributed by atoms with Gasteiger partial charge in [-0.05, 0) is 23.6 Å². The fraction of sp³-hybridized carbons (Fsp3) is 0.444. The largest absolute Gasteiger partial charge is 0.465 e. The number of aryl methyl sites for hydroxylation is 1. The van der Waals surface area contributed by atoms with E-state index in [0.29, 0.717) is 23.7 Å². The molecule has 1 aromatic carbocycles. The number of esters is 1. The minimum atomic E-state index is -0.347. The van der Waals surface area contributed by atoms with Crippen LogP contribution in [0.3, 0.4) is 0 Å². The van der Waals surface area contributed by atoms with Gasteiger partial charge in [0.2, 0.25) is 5.91 Å². The van der Waals surface area contributed by atoms with Gasteiger partial charge in [-0.2, -0.15) is 0 Å². The fourth-order valence-electron chi connectivity index (χ4n) is 2.40. The maximum absolute atomic E-state index is 11.5. The lowest BCUT2D eigenvalue weighted by atomic mass is 10.1. The highest BCUT2D eigenvalue weighted by Crippen LogP contribution is 2.23. The van der Waals surface area contributed by atoms with Crippen LogP contribution in [0.4, 0.5) is 0 Å². The Labute approximate surface area is 157 Å². The van der Waals surface area contributed by atoms with Crippen molar-refractivity contribution in [3.8, 4) is 0 Å². The predicted octanol–water partition coefficient (Wildman–Crippen LogP) is 2.43. The lowest BCUT2D eigenvalue weighted by Gasteiger charge is -2.12. The van der Waals surface area contributed by atoms with Crippen molar-refractivity contribution in [1.29, 1.82) is 0 Å². The van der Waals surface area contributed by atoms with Crippen molar-refractivity contribution < 1.29 is 14.3 Å². The number of primary amides is 1. The van der Waals surface area contributed by atoms with Gasteiger partial charge in [0.05, 0.1) is 12.7 Å². The van der Waals surface area contributed by atoms with Crippen LogP contribution in [0.5, 0.6) is 0 Å². The molecule has 140 valence electrons. The van der Waals surface area contributed by atoms with E-state index in [9.17, 15) is 9.59 Å². The molecular weight excluding hydrogens is 352 g/mol. The zero-order valence-electron chi connectivity index (χ0n) is 15.3. The first-order valence-electron chi connectivity index (χ1n) is 8.41. The number of hydrogen-bond acceptors (Lipinski definition) is 6. The van der Waals surface area contributed by atoms with E-state index >= 15 is 0 Å². The SMILES string of the molecule is COC(=O)c1ccc(CSc2nnc(CCC(N)=O)n2CC(C)C)cc1. The molecule has 0 aliphatic carbocycles. The van der Waals surface area contributed by atoms with Crippen molar-refractivity contribution in [3.05, 3.63) is 41.2 Å². The van der Waals surface area contributed by atoms with Gasteiger partial charge in [-0.3, -0.25) is 4.79 Å². The second-order valence-corrected chi connectivity index (χ2v) is 7.29. The van der Waals surface area contributed by atoms with E-state index in [1.807, 2.05) is 12.1 Å². The number of rotatable bonds is 9. The zero-order valence-corrected chi connectivity index (χ0v) is 16.1. The molecule has 0 aliphatic rings. The Morgan fingerprint density at radius 1 is 1.23 bits per heavy atom. The van der Waals surface area contributed by atoms with Crippen LogP contribution in [0.15, 0.2) is 29.4 Å². The van der Waals surface area contributed by atoms with Gasteiger partial charge < -0.3 is 15.0 Å². The van der Waals surface area contributed by atoms with Crippen LogP contribution in [-0.2, 0) is 28.2 Å². The van der Waals surface area contributed by atoms with E-state index in [1.54, 1.807) is 23.9 Å². The number of nitrogens with two attached hydrogens (primary N) is 1. The molecule has 2 aromatic rings. The van der Waals surface area contributed by atoms with Crippen LogP contribution in [0.1, 0.15) is 42.0 Å². The van der Waals surface area contributed by atoms with Gasteiger partial charge in [-0.1, -0.05) is 37.7 Å². The summed E-state index contributed by atoms with van der Waals surface area (Å²) in [6, 6.07) is 7.30. The molecule has 1 aromatic heterocycles. The van der Waals surface area contributed by atoms with Crippen LogP contribution in [-0.4, -0.2) is 33.8 Å². The number of thioether (sulfide) groups is 1. The summed E-state index contributed by atoms with van der Waals surface area (Å²) in [6.07, 6.45) is 0.749. The summed E-state index contributed by atoms with van der Waals surface area (Å²) < 4.78 is 6.76. The van der Waals surface area contributed by atoms with E-state index in [-0.39, 0.29) is 18.3 Å². The predicted molar refractivity (Wildman–Crippen MR) is 99.7 cm³/mol. The molecule has 2 N–H and O–H groups in total. The third-order valence-electron chi connectivity index (χ3n) is 3.68. The molecule has 0 spiro atoms. The number of hydrogen-bond donors (Lipinski definition) is 1. The Morgan fingerprint density at radius 2 is 1.92 bits per heavy atom. The quantitative estimate of drug-likeness (QED) is 0.533. The van der Waals surface area contributed by atoms with E-state index in [4.69, 9.17) is 10.5 Å². The minimum Gasteiger partial charge on any atom is -0.465 e. The van der Waals surface area contributed by atoms with Crippen molar-refractivity contribution in [2.45, 2.75) is 44.1 Å². The van der Waals surface area contributed by atoms with E-state index in [2.05, 4.69) is 28.6 Å². The number of carbonyl (C=O) groups excluding carboxylic acids is 2. The molecule has 0 unspecified atom stereocenters. The first kappa shape index (κ1) is 20.0. The number of ether oxygens (including phenoxy) is 1. The Morgan fingerprint density at radius 3 is 2.50 bits per heavy atom.